The van der Waals surface area contributed by atoms with Crippen molar-refractivity contribution in [2.24, 2.45) is 19.5 Å². The Labute approximate surface area is 181 Å². The number of carbonyl (C=O) groups is 1. The summed E-state index contributed by atoms with van der Waals surface area (Å²) in [6.07, 6.45) is 7.93. The molecule has 0 aromatic carbocycles. The van der Waals surface area contributed by atoms with Crippen LogP contribution in [0.25, 0.3) is 16.7 Å². The minimum atomic E-state index is -0.149. The number of hydrogen-bond acceptors (Lipinski definition) is 4. The number of fused-ring (bicyclic) bond motifs is 1. The van der Waals surface area contributed by atoms with Crippen LogP contribution in [0.15, 0.2) is 35.4 Å². The molecule has 8 nitrogen and oxygen atoms in total. The fourth-order valence-corrected chi connectivity index (χ4v) is 4.11. The zero-order valence-electron chi connectivity index (χ0n) is 18.8. The summed E-state index contributed by atoms with van der Waals surface area (Å²) < 4.78 is 5.16. The number of nitrogens with zero attached hydrogens (tertiary/aromatic N) is 5. The molecular formula is C23H30N6O2. The molecule has 1 amide bonds. The van der Waals surface area contributed by atoms with Crippen LogP contribution in [0, 0.1) is 5.41 Å². The number of aromatic nitrogens is 5. The average Bonchev–Trinajstić information content (AvgIpc) is 3.25. The van der Waals surface area contributed by atoms with Crippen molar-refractivity contribution >= 4 is 22.6 Å². The third-order valence-corrected chi connectivity index (χ3v) is 5.71. The van der Waals surface area contributed by atoms with E-state index in [0.29, 0.717) is 18.0 Å². The van der Waals surface area contributed by atoms with E-state index in [-0.39, 0.29) is 23.1 Å². The Kier molecular flexibility index (Phi) is 5.33. The molecule has 0 saturated carbocycles. The first kappa shape index (κ1) is 21.1. The lowest BCUT2D eigenvalue weighted by Gasteiger charge is -2.23. The first-order chi connectivity index (χ1) is 14.6. The second kappa shape index (κ2) is 7.83. The van der Waals surface area contributed by atoms with Gasteiger partial charge in [-0.05, 0) is 42.4 Å². The molecule has 3 aromatic heterocycles. The van der Waals surface area contributed by atoms with Crippen molar-refractivity contribution in [3.8, 4) is 0 Å². The summed E-state index contributed by atoms with van der Waals surface area (Å²) in [4.78, 5) is 34.1. The van der Waals surface area contributed by atoms with Gasteiger partial charge in [-0.25, -0.2) is 14.8 Å². The Morgan fingerprint density at radius 3 is 2.65 bits per heavy atom. The van der Waals surface area contributed by atoms with Crippen molar-refractivity contribution in [1.29, 1.82) is 0 Å². The zero-order valence-corrected chi connectivity index (χ0v) is 18.8. The summed E-state index contributed by atoms with van der Waals surface area (Å²) in [5.41, 5.74) is 3.58. The van der Waals surface area contributed by atoms with Crippen molar-refractivity contribution in [2.75, 3.05) is 0 Å². The maximum atomic E-state index is 12.7. The maximum absolute atomic E-state index is 12.7. The normalized spacial score (nSPS) is 17.1. The number of rotatable bonds is 4. The van der Waals surface area contributed by atoms with Crippen LogP contribution in [0.2, 0.25) is 0 Å². The largest absolute Gasteiger partial charge is 0.346 e. The Morgan fingerprint density at radius 2 is 2.03 bits per heavy atom. The second-order valence-electron chi connectivity index (χ2n) is 9.56. The van der Waals surface area contributed by atoms with E-state index in [2.05, 4.69) is 37.1 Å². The van der Waals surface area contributed by atoms with Gasteiger partial charge < -0.3 is 9.88 Å². The van der Waals surface area contributed by atoms with Crippen LogP contribution in [-0.2, 0) is 20.6 Å². The molecule has 1 unspecified atom stereocenters. The lowest BCUT2D eigenvalue weighted by molar-refractivity contribution is 0.0921. The highest BCUT2D eigenvalue weighted by Gasteiger charge is 2.22. The van der Waals surface area contributed by atoms with E-state index in [1.807, 2.05) is 23.7 Å². The highest BCUT2D eigenvalue weighted by molar-refractivity contribution is 5.91. The minimum absolute atomic E-state index is 0.00292. The van der Waals surface area contributed by atoms with Crippen LogP contribution in [0.3, 0.4) is 0 Å². The molecule has 0 bridgehead atoms. The van der Waals surface area contributed by atoms with Crippen LogP contribution in [-0.4, -0.2) is 35.6 Å². The molecule has 0 radical (unpaired) electrons. The highest BCUT2D eigenvalue weighted by Crippen LogP contribution is 2.28. The van der Waals surface area contributed by atoms with Gasteiger partial charge in [0, 0.05) is 39.1 Å². The Hall–Kier alpha value is -3.16. The van der Waals surface area contributed by atoms with Gasteiger partial charge in [0.05, 0.1) is 11.2 Å². The first-order valence-electron chi connectivity index (χ1n) is 10.7. The third-order valence-electron chi connectivity index (χ3n) is 5.71. The molecule has 4 rings (SSSR count). The van der Waals surface area contributed by atoms with Crippen LogP contribution in [0.5, 0.6) is 0 Å². The number of imidazole rings is 2. The molecule has 1 N–H and O–H groups in total. The number of pyridine rings is 1. The van der Waals surface area contributed by atoms with Crippen LogP contribution < -0.4 is 11.0 Å². The quantitative estimate of drug-likeness (QED) is 0.700. The smallest absolute Gasteiger partial charge is 0.330 e. The summed E-state index contributed by atoms with van der Waals surface area (Å²) in [7, 11) is 3.59. The van der Waals surface area contributed by atoms with Crippen molar-refractivity contribution in [3.63, 3.8) is 0 Å². The van der Waals surface area contributed by atoms with Gasteiger partial charge in [0.1, 0.15) is 0 Å². The Morgan fingerprint density at radius 1 is 1.26 bits per heavy atom. The molecule has 3 heterocycles. The van der Waals surface area contributed by atoms with Gasteiger partial charge in [0.2, 0.25) is 0 Å². The summed E-state index contributed by atoms with van der Waals surface area (Å²) >= 11 is 0. The number of aryl methyl sites for hydroxylation is 2. The number of hydrogen-bond donors (Lipinski definition) is 1. The van der Waals surface area contributed by atoms with Crippen molar-refractivity contribution in [1.82, 2.24) is 29.0 Å². The summed E-state index contributed by atoms with van der Waals surface area (Å²) in [6, 6.07) is 4.08. The monoisotopic (exact) mass is 422 g/mol. The zero-order chi connectivity index (χ0) is 22.3. The molecule has 31 heavy (non-hydrogen) atoms. The van der Waals surface area contributed by atoms with Gasteiger partial charge in [0.15, 0.2) is 11.5 Å². The predicted molar refractivity (Wildman–Crippen MR) is 121 cm³/mol. The Balaban J connectivity index is 1.53. The van der Waals surface area contributed by atoms with Crippen LogP contribution in [0.4, 0.5) is 0 Å². The second-order valence-corrected chi connectivity index (χ2v) is 9.56. The van der Waals surface area contributed by atoms with Gasteiger partial charge in [-0.15, -0.1) is 0 Å². The van der Waals surface area contributed by atoms with E-state index in [1.54, 1.807) is 28.6 Å². The number of carbonyl (C=O) groups excluding carboxylic acids is 1. The SMILES string of the molecule is Cn1ccnc1C(=O)NC1CC=C(c2ccc3c(n2)n(C)c(=O)n3CC(C)(C)C)CC1. The lowest BCUT2D eigenvalue weighted by atomic mass is 9.93. The molecule has 0 fully saturated rings. The van der Waals surface area contributed by atoms with Crippen LogP contribution >= 0.6 is 0 Å². The topological polar surface area (TPSA) is 86.7 Å². The summed E-state index contributed by atoms with van der Waals surface area (Å²) in [5, 5.41) is 3.07. The van der Waals surface area contributed by atoms with Gasteiger partial charge in [0.25, 0.3) is 5.91 Å². The molecule has 3 aromatic rings. The molecule has 164 valence electrons. The van der Waals surface area contributed by atoms with E-state index < -0.39 is 0 Å². The summed E-state index contributed by atoms with van der Waals surface area (Å²) in [6.45, 7) is 7.01. The number of nitrogens with one attached hydrogen (secondary N) is 1. The molecule has 1 atom stereocenters. The van der Waals surface area contributed by atoms with Crippen molar-refractivity contribution in [2.45, 2.75) is 52.6 Å². The first-order valence-corrected chi connectivity index (χ1v) is 10.7. The van der Waals surface area contributed by atoms with Crippen molar-refractivity contribution in [3.05, 3.63) is 52.6 Å². The molecule has 1 aliphatic rings. The van der Waals surface area contributed by atoms with Gasteiger partial charge >= 0.3 is 5.69 Å². The van der Waals surface area contributed by atoms with E-state index in [1.165, 1.54) is 0 Å². The van der Waals surface area contributed by atoms with Gasteiger partial charge in [-0.2, -0.15) is 0 Å². The van der Waals surface area contributed by atoms with Crippen molar-refractivity contribution < 1.29 is 4.79 Å². The molecule has 1 aliphatic carbocycles. The average molecular weight is 423 g/mol. The number of amides is 1. The fourth-order valence-electron chi connectivity index (χ4n) is 4.11. The molecule has 0 saturated heterocycles. The fraction of sp³-hybridized carbons (Fsp3) is 0.478. The predicted octanol–water partition coefficient (Wildman–Crippen LogP) is 2.88. The summed E-state index contributed by atoms with van der Waals surface area (Å²) in [5.74, 6) is 0.270. The van der Waals surface area contributed by atoms with E-state index in [4.69, 9.17) is 4.98 Å². The molecule has 8 heteroatoms. The number of allylic oxidation sites excluding steroid dienone is 1. The third kappa shape index (κ3) is 4.19. The van der Waals surface area contributed by atoms with E-state index in [0.717, 1.165) is 36.0 Å². The molecule has 0 spiro atoms. The van der Waals surface area contributed by atoms with Gasteiger partial charge in [-0.1, -0.05) is 26.8 Å². The highest BCUT2D eigenvalue weighted by atomic mass is 16.2. The van der Waals surface area contributed by atoms with E-state index in [9.17, 15) is 9.59 Å². The van der Waals surface area contributed by atoms with E-state index >= 15 is 0 Å². The van der Waals surface area contributed by atoms with Crippen LogP contribution in [0.1, 0.15) is 56.3 Å². The molecular weight excluding hydrogens is 392 g/mol. The van der Waals surface area contributed by atoms with Gasteiger partial charge in [-0.3, -0.25) is 13.9 Å². The Bertz CT molecular complexity index is 1220. The standard InChI is InChI=1S/C23H30N6O2/c1-23(2,3)14-29-18-11-10-17(26-19(18)28(5)22(29)31)15-6-8-16(9-7-15)25-21(30)20-24-12-13-27(20)4/h6,10-13,16H,7-9,14H2,1-5H3,(H,25,30). The maximum Gasteiger partial charge on any atom is 0.330 e. The minimum Gasteiger partial charge on any atom is -0.346 e. The lowest BCUT2D eigenvalue weighted by Crippen LogP contribution is -2.37. The molecule has 0 aliphatic heterocycles.